The number of amides is 1. The molecule has 0 saturated carbocycles. The van der Waals surface area contributed by atoms with Crippen LogP contribution in [0.5, 0.6) is 0 Å². The molecule has 10 nitrogen and oxygen atoms in total. The normalized spacial score (nSPS) is 15.1. The smallest absolute Gasteiger partial charge is 0.398 e. The van der Waals surface area contributed by atoms with Crippen LogP contribution in [0.1, 0.15) is 29.0 Å². The monoisotopic (exact) mass is 498 g/mol. The molecule has 1 amide bonds. The summed E-state index contributed by atoms with van der Waals surface area (Å²) in [6.45, 7) is 0.777. The van der Waals surface area contributed by atoms with Gasteiger partial charge in [0.25, 0.3) is 5.91 Å². The molecular formula is C23H21F3N8O2. The standard InChI is InChI=1S/C23H21F3N8O2/c1-36-32-20-3-2-10-33(20)14-6-4-13(5-7-14)28-22(35)18-12-19(23(24,25)26)31-34(18)15-8-9-17-16(11-15)21(27)30-29-17/h4-9,11-12H,2-3,10H2,1H3,(H,28,35)(H3,27,29,30)/b32-20-. The van der Waals surface area contributed by atoms with Crippen LogP contribution in [-0.4, -0.2) is 45.4 Å². The number of aromatic amines is 1. The van der Waals surface area contributed by atoms with Crippen molar-refractivity contribution < 1.29 is 22.8 Å². The highest BCUT2D eigenvalue weighted by Crippen LogP contribution is 2.31. The number of alkyl halides is 3. The number of oxime groups is 1. The number of anilines is 3. The Bertz CT molecular complexity index is 1460. The van der Waals surface area contributed by atoms with Crippen molar-refractivity contribution in [2.24, 2.45) is 5.16 Å². The fraction of sp³-hybridized carbons (Fsp3) is 0.217. The van der Waals surface area contributed by atoms with E-state index in [2.05, 4.69) is 25.8 Å². The molecule has 36 heavy (non-hydrogen) atoms. The van der Waals surface area contributed by atoms with Gasteiger partial charge in [-0.25, -0.2) is 4.68 Å². The van der Waals surface area contributed by atoms with E-state index in [9.17, 15) is 18.0 Å². The Morgan fingerprint density at radius 3 is 2.64 bits per heavy atom. The molecule has 13 heteroatoms. The predicted molar refractivity (Wildman–Crippen MR) is 128 cm³/mol. The van der Waals surface area contributed by atoms with Crippen molar-refractivity contribution in [2.75, 3.05) is 29.6 Å². The number of carbonyl (C=O) groups is 1. The SMILES string of the molecule is CO/N=C1/CCCN1c1ccc(NC(=O)c2cc(C(F)(F)F)nn2-c2ccc3[nH]nc(N)c3c2)cc1. The number of halogens is 3. The molecule has 0 atom stereocenters. The van der Waals surface area contributed by atoms with Gasteiger partial charge in [0.2, 0.25) is 0 Å². The van der Waals surface area contributed by atoms with E-state index in [1.807, 2.05) is 4.90 Å². The van der Waals surface area contributed by atoms with Crippen LogP contribution in [0.3, 0.4) is 0 Å². The zero-order valence-corrected chi connectivity index (χ0v) is 19.0. The molecule has 2 aromatic carbocycles. The number of hydrogen-bond donors (Lipinski definition) is 3. The molecule has 1 aliphatic rings. The second-order valence-electron chi connectivity index (χ2n) is 8.11. The first-order chi connectivity index (χ1) is 17.2. The quantitative estimate of drug-likeness (QED) is 0.355. The Morgan fingerprint density at radius 1 is 1.17 bits per heavy atom. The molecule has 2 aromatic heterocycles. The van der Waals surface area contributed by atoms with Crippen LogP contribution < -0.4 is 16.0 Å². The lowest BCUT2D eigenvalue weighted by Crippen LogP contribution is -2.24. The summed E-state index contributed by atoms with van der Waals surface area (Å²) in [7, 11) is 1.49. The van der Waals surface area contributed by atoms with Crippen molar-refractivity contribution in [1.82, 2.24) is 20.0 Å². The van der Waals surface area contributed by atoms with E-state index in [1.54, 1.807) is 30.3 Å². The minimum absolute atomic E-state index is 0.179. The largest absolute Gasteiger partial charge is 0.435 e. The molecule has 0 aliphatic carbocycles. The van der Waals surface area contributed by atoms with Gasteiger partial charge in [0.1, 0.15) is 18.6 Å². The van der Waals surface area contributed by atoms with Crippen LogP contribution in [0.25, 0.3) is 16.6 Å². The molecule has 0 unspecified atom stereocenters. The van der Waals surface area contributed by atoms with Gasteiger partial charge in [0.05, 0.1) is 11.2 Å². The third-order valence-electron chi connectivity index (χ3n) is 5.78. The average Bonchev–Trinajstić information content (AvgIpc) is 3.58. The summed E-state index contributed by atoms with van der Waals surface area (Å²) in [5, 5.41) is 17.4. The Morgan fingerprint density at radius 2 is 1.92 bits per heavy atom. The fourth-order valence-corrected chi connectivity index (χ4v) is 4.09. The van der Waals surface area contributed by atoms with Gasteiger partial charge in [-0.2, -0.15) is 23.4 Å². The van der Waals surface area contributed by atoms with E-state index < -0.39 is 17.8 Å². The lowest BCUT2D eigenvalue weighted by Gasteiger charge is -2.18. The predicted octanol–water partition coefficient (Wildman–Crippen LogP) is 4.16. The number of hydrogen-bond acceptors (Lipinski definition) is 6. The molecule has 186 valence electrons. The molecule has 4 N–H and O–H groups in total. The van der Waals surface area contributed by atoms with Gasteiger partial charge in [-0.05, 0) is 48.9 Å². The van der Waals surface area contributed by atoms with Crippen molar-refractivity contribution in [1.29, 1.82) is 0 Å². The van der Waals surface area contributed by atoms with Crippen LogP contribution >= 0.6 is 0 Å². The van der Waals surface area contributed by atoms with Crippen molar-refractivity contribution in [3.8, 4) is 5.69 Å². The number of nitrogen functional groups attached to an aromatic ring is 1. The van der Waals surface area contributed by atoms with Gasteiger partial charge < -0.3 is 20.8 Å². The summed E-state index contributed by atoms with van der Waals surface area (Å²) in [6.07, 6.45) is -3.02. The summed E-state index contributed by atoms with van der Waals surface area (Å²) in [5.74, 6) is 0.222. The second kappa shape index (κ2) is 8.91. The first kappa shape index (κ1) is 23.2. The minimum Gasteiger partial charge on any atom is -0.398 e. The minimum atomic E-state index is -4.74. The summed E-state index contributed by atoms with van der Waals surface area (Å²) in [6, 6.07) is 12.3. The fourth-order valence-electron chi connectivity index (χ4n) is 4.09. The van der Waals surface area contributed by atoms with E-state index in [1.165, 1.54) is 19.2 Å². The number of carbonyl (C=O) groups excluding carboxylic acids is 1. The molecule has 1 aliphatic heterocycles. The van der Waals surface area contributed by atoms with E-state index in [-0.39, 0.29) is 17.2 Å². The average molecular weight is 498 g/mol. The molecular weight excluding hydrogens is 477 g/mol. The van der Waals surface area contributed by atoms with Crippen LogP contribution in [0.2, 0.25) is 0 Å². The van der Waals surface area contributed by atoms with Crippen molar-refractivity contribution in [3.63, 3.8) is 0 Å². The van der Waals surface area contributed by atoms with E-state index in [0.29, 0.717) is 22.7 Å². The van der Waals surface area contributed by atoms with Crippen LogP contribution in [0.15, 0.2) is 53.7 Å². The van der Waals surface area contributed by atoms with Crippen molar-refractivity contribution in [2.45, 2.75) is 19.0 Å². The van der Waals surface area contributed by atoms with E-state index in [4.69, 9.17) is 10.6 Å². The summed E-state index contributed by atoms with van der Waals surface area (Å²) >= 11 is 0. The first-order valence-corrected chi connectivity index (χ1v) is 10.9. The highest BCUT2D eigenvalue weighted by atomic mass is 19.4. The van der Waals surface area contributed by atoms with Crippen LogP contribution in [0, 0.1) is 0 Å². The molecule has 0 radical (unpaired) electrons. The maximum absolute atomic E-state index is 13.5. The highest BCUT2D eigenvalue weighted by molar-refractivity contribution is 6.04. The lowest BCUT2D eigenvalue weighted by molar-refractivity contribution is -0.141. The molecule has 0 bridgehead atoms. The van der Waals surface area contributed by atoms with Gasteiger partial charge >= 0.3 is 6.18 Å². The summed E-state index contributed by atoms with van der Waals surface area (Å²) < 4.78 is 41.3. The third-order valence-corrected chi connectivity index (χ3v) is 5.78. The zero-order chi connectivity index (χ0) is 25.4. The molecule has 5 rings (SSSR count). The van der Waals surface area contributed by atoms with Gasteiger partial charge in [-0.1, -0.05) is 5.16 Å². The topological polar surface area (TPSA) is 126 Å². The molecule has 1 fully saturated rings. The van der Waals surface area contributed by atoms with E-state index >= 15 is 0 Å². The summed E-state index contributed by atoms with van der Waals surface area (Å²) in [4.78, 5) is 20.0. The van der Waals surface area contributed by atoms with Crippen LogP contribution in [0.4, 0.5) is 30.4 Å². The Balaban J connectivity index is 1.44. The lowest BCUT2D eigenvalue weighted by atomic mass is 10.2. The first-order valence-electron chi connectivity index (χ1n) is 10.9. The number of nitrogens with zero attached hydrogens (tertiary/aromatic N) is 5. The maximum Gasteiger partial charge on any atom is 0.435 e. The summed E-state index contributed by atoms with van der Waals surface area (Å²) in [5.41, 5.74) is 6.44. The molecule has 1 saturated heterocycles. The number of rotatable bonds is 5. The van der Waals surface area contributed by atoms with Gasteiger partial charge in [0.15, 0.2) is 11.5 Å². The Hall–Kier alpha value is -4.55. The third kappa shape index (κ3) is 4.30. The number of benzene rings is 2. The van der Waals surface area contributed by atoms with Gasteiger partial charge in [-0.15, -0.1) is 0 Å². The Kier molecular flexibility index (Phi) is 5.74. The zero-order valence-electron chi connectivity index (χ0n) is 19.0. The van der Waals surface area contributed by atoms with Crippen molar-refractivity contribution >= 4 is 39.8 Å². The van der Waals surface area contributed by atoms with Gasteiger partial charge in [0, 0.05) is 35.8 Å². The highest BCUT2D eigenvalue weighted by Gasteiger charge is 2.36. The number of nitrogens with one attached hydrogen (secondary N) is 2. The second-order valence-corrected chi connectivity index (χ2v) is 8.11. The molecule has 0 spiro atoms. The number of aromatic nitrogens is 4. The number of H-pyrrole nitrogens is 1. The number of nitrogens with two attached hydrogens (primary N) is 1. The molecule has 4 aromatic rings. The van der Waals surface area contributed by atoms with Crippen LogP contribution in [-0.2, 0) is 11.0 Å². The maximum atomic E-state index is 13.5. The number of amidine groups is 1. The van der Waals surface area contributed by atoms with Gasteiger partial charge in [-0.3, -0.25) is 9.89 Å². The Labute approximate surface area is 202 Å². The molecule has 3 heterocycles. The van der Waals surface area contributed by atoms with E-state index in [0.717, 1.165) is 35.6 Å². The number of fused-ring (bicyclic) bond motifs is 1. The van der Waals surface area contributed by atoms with Crippen molar-refractivity contribution in [3.05, 3.63) is 59.9 Å².